The van der Waals surface area contributed by atoms with Crippen molar-refractivity contribution in [1.82, 2.24) is 4.98 Å². The molecule has 0 saturated heterocycles. The summed E-state index contributed by atoms with van der Waals surface area (Å²) in [6, 6.07) is 4.56. The lowest BCUT2D eigenvalue weighted by atomic mass is 10.3. The fourth-order valence-electron chi connectivity index (χ4n) is 1.57. The number of nitrogens with two attached hydrogens (primary N) is 1. The standard InChI is InChI=1S/C13H14BrFN4OS/c1-6(2)17-13-19-11(16)10(21-13)12(20)18-9-4-3-7(14)5-8(9)15/h3-6H,16H2,1-2H3,(H,17,19)(H,18,20). The summed E-state index contributed by atoms with van der Waals surface area (Å²) >= 11 is 4.29. The third kappa shape index (κ3) is 3.92. The Morgan fingerprint density at radius 2 is 2.19 bits per heavy atom. The molecule has 0 radical (unpaired) electrons. The molecule has 0 fully saturated rings. The van der Waals surface area contributed by atoms with Gasteiger partial charge in [-0.05, 0) is 32.0 Å². The molecule has 1 amide bonds. The number of benzene rings is 1. The number of hydrogen-bond acceptors (Lipinski definition) is 5. The number of carbonyl (C=O) groups excluding carboxylic acids is 1. The highest BCUT2D eigenvalue weighted by molar-refractivity contribution is 9.10. The quantitative estimate of drug-likeness (QED) is 0.764. The van der Waals surface area contributed by atoms with Crippen molar-refractivity contribution in [2.75, 3.05) is 16.4 Å². The fraction of sp³-hybridized carbons (Fsp3) is 0.231. The van der Waals surface area contributed by atoms with Crippen LogP contribution in [-0.4, -0.2) is 16.9 Å². The van der Waals surface area contributed by atoms with Gasteiger partial charge in [0.15, 0.2) is 5.13 Å². The van der Waals surface area contributed by atoms with E-state index in [2.05, 4.69) is 31.5 Å². The third-order valence-electron chi connectivity index (χ3n) is 2.45. The molecule has 0 unspecified atom stereocenters. The van der Waals surface area contributed by atoms with Crippen molar-refractivity contribution >= 4 is 49.8 Å². The van der Waals surface area contributed by atoms with Gasteiger partial charge in [-0.2, -0.15) is 0 Å². The fourth-order valence-corrected chi connectivity index (χ4v) is 2.83. The first-order valence-electron chi connectivity index (χ1n) is 6.16. The molecule has 2 rings (SSSR count). The number of rotatable bonds is 4. The van der Waals surface area contributed by atoms with Gasteiger partial charge in [-0.1, -0.05) is 27.3 Å². The van der Waals surface area contributed by atoms with E-state index in [1.54, 1.807) is 6.07 Å². The Hall–Kier alpha value is -1.67. The van der Waals surface area contributed by atoms with Crippen LogP contribution in [0.2, 0.25) is 0 Å². The molecular formula is C13H14BrFN4OS. The molecule has 112 valence electrons. The van der Waals surface area contributed by atoms with E-state index in [1.165, 1.54) is 12.1 Å². The zero-order valence-electron chi connectivity index (χ0n) is 11.4. The van der Waals surface area contributed by atoms with Gasteiger partial charge in [0.25, 0.3) is 5.91 Å². The number of amides is 1. The van der Waals surface area contributed by atoms with Gasteiger partial charge in [0, 0.05) is 10.5 Å². The Kier molecular flexibility index (Phi) is 4.79. The van der Waals surface area contributed by atoms with Gasteiger partial charge >= 0.3 is 0 Å². The van der Waals surface area contributed by atoms with Crippen LogP contribution in [0.3, 0.4) is 0 Å². The average Bonchev–Trinajstić information content (AvgIpc) is 2.72. The highest BCUT2D eigenvalue weighted by Crippen LogP contribution is 2.27. The molecule has 5 nitrogen and oxygen atoms in total. The van der Waals surface area contributed by atoms with Gasteiger partial charge in [-0.15, -0.1) is 0 Å². The first kappa shape index (κ1) is 15.7. The molecule has 0 aliphatic carbocycles. The molecule has 8 heteroatoms. The lowest BCUT2D eigenvalue weighted by Gasteiger charge is -2.05. The van der Waals surface area contributed by atoms with Crippen LogP contribution in [0.5, 0.6) is 0 Å². The maximum Gasteiger partial charge on any atom is 0.269 e. The Morgan fingerprint density at radius 3 is 2.81 bits per heavy atom. The van der Waals surface area contributed by atoms with Crippen LogP contribution >= 0.6 is 27.3 Å². The third-order valence-corrected chi connectivity index (χ3v) is 3.95. The van der Waals surface area contributed by atoms with E-state index in [1.807, 2.05) is 13.8 Å². The molecule has 21 heavy (non-hydrogen) atoms. The van der Waals surface area contributed by atoms with E-state index in [4.69, 9.17) is 5.73 Å². The second-order valence-electron chi connectivity index (χ2n) is 4.61. The Labute approximate surface area is 133 Å². The van der Waals surface area contributed by atoms with Crippen LogP contribution in [0.1, 0.15) is 23.5 Å². The van der Waals surface area contributed by atoms with Crippen molar-refractivity contribution in [2.24, 2.45) is 0 Å². The number of nitrogens with zero attached hydrogens (tertiary/aromatic N) is 1. The minimum Gasteiger partial charge on any atom is -0.382 e. The molecule has 1 aromatic heterocycles. The largest absolute Gasteiger partial charge is 0.382 e. The predicted octanol–water partition coefficient (Wildman–Crippen LogP) is 3.70. The van der Waals surface area contributed by atoms with E-state index >= 15 is 0 Å². The van der Waals surface area contributed by atoms with E-state index < -0.39 is 11.7 Å². The van der Waals surface area contributed by atoms with E-state index in [9.17, 15) is 9.18 Å². The highest BCUT2D eigenvalue weighted by Gasteiger charge is 2.18. The number of halogens is 2. The summed E-state index contributed by atoms with van der Waals surface area (Å²) in [4.78, 5) is 16.5. The Bertz CT molecular complexity index is 674. The van der Waals surface area contributed by atoms with Gasteiger partial charge in [0.1, 0.15) is 16.5 Å². The number of nitrogens with one attached hydrogen (secondary N) is 2. The van der Waals surface area contributed by atoms with Crippen molar-refractivity contribution in [1.29, 1.82) is 0 Å². The molecule has 0 bridgehead atoms. The second-order valence-corrected chi connectivity index (χ2v) is 6.53. The van der Waals surface area contributed by atoms with E-state index in [0.717, 1.165) is 11.3 Å². The number of thiazole rings is 1. The minimum atomic E-state index is -0.527. The van der Waals surface area contributed by atoms with Gasteiger partial charge in [0.05, 0.1) is 5.69 Å². The average molecular weight is 373 g/mol. The topological polar surface area (TPSA) is 80.0 Å². The Balaban J connectivity index is 2.18. The van der Waals surface area contributed by atoms with Crippen LogP contribution in [-0.2, 0) is 0 Å². The number of hydrogen-bond donors (Lipinski definition) is 3. The Morgan fingerprint density at radius 1 is 1.48 bits per heavy atom. The number of anilines is 3. The summed E-state index contributed by atoms with van der Waals surface area (Å²) < 4.78 is 14.3. The summed E-state index contributed by atoms with van der Waals surface area (Å²) in [7, 11) is 0. The number of carbonyl (C=O) groups is 1. The van der Waals surface area contributed by atoms with Gasteiger partial charge in [-0.25, -0.2) is 9.37 Å². The zero-order valence-corrected chi connectivity index (χ0v) is 13.8. The molecule has 2 aromatic rings. The first-order chi connectivity index (χ1) is 9.86. The van der Waals surface area contributed by atoms with E-state index in [0.29, 0.717) is 9.60 Å². The molecule has 0 spiro atoms. The molecule has 0 atom stereocenters. The summed E-state index contributed by atoms with van der Waals surface area (Å²) in [5, 5.41) is 6.12. The first-order valence-corrected chi connectivity index (χ1v) is 7.77. The van der Waals surface area contributed by atoms with Crippen molar-refractivity contribution in [3.05, 3.63) is 33.4 Å². The van der Waals surface area contributed by atoms with Crippen LogP contribution in [0.4, 0.5) is 21.0 Å². The van der Waals surface area contributed by atoms with Gasteiger partial charge < -0.3 is 16.4 Å². The SMILES string of the molecule is CC(C)Nc1nc(N)c(C(=O)Nc2ccc(Br)cc2F)s1. The second kappa shape index (κ2) is 6.40. The number of aromatic nitrogens is 1. The monoisotopic (exact) mass is 372 g/mol. The smallest absolute Gasteiger partial charge is 0.269 e. The maximum atomic E-state index is 13.7. The van der Waals surface area contributed by atoms with Crippen molar-refractivity contribution in [3.63, 3.8) is 0 Å². The van der Waals surface area contributed by atoms with Crippen molar-refractivity contribution < 1.29 is 9.18 Å². The molecule has 1 heterocycles. The van der Waals surface area contributed by atoms with Crippen LogP contribution in [0.15, 0.2) is 22.7 Å². The maximum absolute atomic E-state index is 13.7. The molecule has 1 aromatic carbocycles. The van der Waals surface area contributed by atoms with E-state index in [-0.39, 0.29) is 22.4 Å². The summed E-state index contributed by atoms with van der Waals surface area (Å²) in [5.74, 6) is -0.887. The predicted molar refractivity (Wildman–Crippen MR) is 87.3 cm³/mol. The van der Waals surface area contributed by atoms with Crippen LogP contribution in [0, 0.1) is 5.82 Å². The summed E-state index contributed by atoms with van der Waals surface area (Å²) in [6.07, 6.45) is 0. The molecular weight excluding hydrogens is 359 g/mol. The van der Waals surface area contributed by atoms with Crippen LogP contribution < -0.4 is 16.4 Å². The lowest BCUT2D eigenvalue weighted by Crippen LogP contribution is -2.13. The molecule has 0 saturated carbocycles. The lowest BCUT2D eigenvalue weighted by molar-refractivity contribution is 0.103. The van der Waals surface area contributed by atoms with Crippen LogP contribution in [0.25, 0.3) is 0 Å². The normalized spacial score (nSPS) is 10.7. The zero-order chi connectivity index (χ0) is 15.6. The molecule has 0 aliphatic heterocycles. The van der Waals surface area contributed by atoms with Gasteiger partial charge in [-0.3, -0.25) is 4.79 Å². The minimum absolute atomic E-state index is 0.0920. The van der Waals surface area contributed by atoms with Crippen molar-refractivity contribution in [3.8, 4) is 0 Å². The molecule has 0 aliphatic rings. The summed E-state index contributed by atoms with van der Waals surface area (Å²) in [5.41, 5.74) is 5.82. The molecule has 4 N–H and O–H groups in total. The summed E-state index contributed by atoms with van der Waals surface area (Å²) in [6.45, 7) is 3.91. The van der Waals surface area contributed by atoms with Crippen molar-refractivity contribution in [2.45, 2.75) is 19.9 Å². The van der Waals surface area contributed by atoms with Gasteiger partial charge in [0.2, 0.25) is 0 Å². The highest BCUT2D eigenvalue weighted by atomic mass is 79.9. The number of nitrogen functional groups attached to an aromatic ring is 1.